The van der Waals surface area contributed by atoms with Crippen molar-refractivity contribution in [2.24, 2.45) is 29.1 Å². The molecule has 0 amide bonds. The van der Waals surface area contributed by atoms with Gasteiger partial charge < -0.3 is 4.74 Å². The van der Waals surface area contributed by atoms with Crippen LogP contribution in [0.5, 0.6) is 0 Å². The van der Waals surface area contributed by atoms with Crippen molar-refractivity contribution in [3.05, 3.63) is 10.1 Å². The molecule has 1 unspecified atom stereocenters. The molecular weight excluding hydrogens is 246 g/mol. The monoisotopic (exact) mass is 269 g/mol. The highest BCUT2D eigenvalue weighted by Gasteiger charge is 2.54. The number of carbonyl (C=O) groups excluding carboxylic acids is 1. The normalized spacial score (nSPS) is 33.1. The molecule has 0 aliphatic heterocycles. The van der Waals surface area contributed by atoms with Crippen molar-refractivity contribution in [2.45, 2.75) is 39.5 Å². The molecule has 3 fully saturated rings. The van der Waals surface area contributed by atoms with Crippen LogP contribution in [0.1, 0.15) is 39.5 Å². The van der Waals surface area contributed by atoms with Crippen LogP contribution in [0.2, 0.25) is 0 Å². The van der Waals surface area contributed by atoms with E-state index in [1.807, 2.05) is 0 Å². The molecular formula is C14H23NO4. The van der Waals surface area contributed by atoms with Crippen LogP contribution in [-0.2, 0) is 9.53 Å². The Bertz CT molecular complexity index is 378. The number of hydrogen-bond acceptors (Lipinski definition) is 4. The Morgan fingerprint density at radius 3 is 2.63 bits per heavy atom. The summed E-state index contributed by atoms with van der Waals surface area (Å²) in [6.45, 7) is 4.27. The molecule has 0 heterocycles. The fourth-order valence-electron chi connectivity index (χ4n) is 4.20. The minimum atomic E-state index is -0.585. The predicted octanol–water partition coefficient (Wildman–Crippen LogP) is 2.51. The van der Waals surface area contributed by atoms with Crippen molar-refractivity contribution in [3.63, 3.8) is 0 Å². The van der Waals surface area contributed by atoms with Crippen LogP contribution in [0.15, 0.2) is 0 Å². The average Bonchev–Trinajstić information content (AvgIpc) is 2.36. The molecule has 0 spiro atoms. The highest BCUT2D eigenvalue weighted by molar-refractivity contribution is 5.72. The number of nitro groups is 1. The maximum absolute atomic E-state index is 11.7. The number of ether oxygens (including phenoxy) is 1. The molecule has 2 bridgehead atoms. The standard InChI is InChI=1S/C14H23NO4/c1-14(2)11-5-4-9(12(14)7-11)6-10(8-15(17)18)13(16)19-3/h9-12H,4-8H2,1-3H3/t9-,10?,11+,12-/m1/s1. The van der Waals surface area contributed by atoms with E-state index in [2.05, 4.69) is 13.8 Å². The summed E-state index contributed by atoms with van der Waals surface area (Å²) >= 11 is 0. The lowest BCUT2D eigenvalue weighted by atomic mass is 9.45. The number of fused-ring (bicyclic) bond motifs is 2. The largest absolute Gasteiger partial charge is 0.469 e. The van der Waals surface area contributed by atoms with Crippen LogP contribution in [0, 0.1) is 39.2 Å². The van der Waals surface area contributed by atoms with Gasteiger partial charge in [0, 0.05) is 4.92 Å². The number of methoxy groups -OCH3 is 1. The van der Waals surface area contributed by atoms with Gasteiger partial charge in [0.1, 0.15) is 5.92 Å². The maximum Gasteiger partial charge on any atom is 0.315 e. The molecule has 19 heavy (non-hydrogen) atoms. The van der Waals surface area contributed by atoms with Crippen LogP contribution >= 0.6 is 0 Å². The lowest BCUT2D eigenvalue weighted by molar-refractivity contribution is -0.486. The molecule has 3 aliphatic rings. The van der Waals surface area contributed by atoms with Gasteiger partial charge in [0.15, 0.2) is 0 Å². The zero-order valence-electron chi connectivity index (χ0n) is 11.9. The third-order valence-electron chi connectivity index (χ3n) is 5.49. The van der Waals surface area contributed by atoms with E-state index in [9.17, 15) is 14.9 Å². The van der Waals surface area contributed by atoms with E-state index in [4.69, 9.17) is 4.74 Å². The number of carbonyl (C=O) groups is 1. The Morgan fingerprint density at radius 1 is 1.47 bits per heavy atom. The van der Waals surface area contributed by atoms with Gasteiger partial charge >= 0.3 is 5.97 Å². The summed E-state index contributed by atoms with van der Waals surface area (Å²) in [7, 11) is 1.31. The fraction of sp³-hybridized carbons (Fsp3) is 0.929. The fourth-order valence-corrected chi connectivity index (χ4v) is 4.20. The van der Waals surface area contributed by atoms with E-state index in [1.54, 1.807) is 0 Å². The third kappa shape index (κ3) is 2.60. The Balaban J connectivity index is 2.01. The van der Waals surface area contributed by atoms with E-state index < -0.39 is 16.8 Å². The molecule has 5 nitrogen and oxygen atoms in total. The Hall–Kier alpha value is -1.13. The molecule has 3 saturated carbocycles. The predicted molar refractivity (Wildman–Crippen MR) is 70.1 cm³/mol. The van der Waals surface area contributed by atoms with E-state index in [0.717, 1.165) is 12.3 Å². The molecule has 3 rings (SSSR count). The van der Waals surface area contributed by atoms with Crippen molar-refractivity contribution >= 4 is 5.97 Å². The number of esters is 1. The van der Waals surface area contributed by atoms with E-state index in [0.29, 0.717) is 23.7 Å². The molecule has 3 aliphatic carbocycles. The van der Waals surface area contributed by atoms with Crippen LogP contribution in [0.25, 0.3) is 0 Å². The summed E-state index contributed by atoms with van der Waals surface area (Å²) in [5.74, 6) is 0.837. The van der Waals surface area contributed by atoms with E-state index >= 15 is 0 Å². The second-order valence-electron chi connectivity index (χ2n) is 6.67. The Labute approximate surface area is 113 Å². The quantitative estimate of drug-likeness (QED) is 0.437. The smallest absolute Gasteiger partial charge is 0.315 e. The Morgan fingerprint density at radius 2 is 2.16 bits per heavy atom. The molecule has 0 aromatic carbocycles. The SMILES string of the molecule is COC(=O)C(C[C@H]1CC[C@H]2C[C@H]1C2(C)C)C[N+](=O)[O-]. The van der Waals surface area contributed by atoms with Crippen molar-refractivity contribution < 1.29 is 14.5 Å². The first-order valence-corrected chi connectivity index (χ1v) is 7.05. The van der Waals surface area contributed by atoms with Gasteiger partial charge in [-0.2, -0.15) is 0 Å². The minimum absolute atomic E-state index is 0.306. The molecule has 108 valence electrons. The summed E-state index contributed by atoms with van der Waals surface area (Å²) in [6.07, 6.45) is 4.13. The summed E-state index contributed by atoms with van der Waals surface area (Å²) in [5, 5.41) is 10.7. The van der Waals surface area contributed by atoms with Gasteiger partial charge in [-0.15, -0.1) is 0 Å². The lowest BCUT2D eigenvalue weighted by Crippen LogP contribution is -2.53. The molecule has 0 saturated heterocycles. The van der Waals surface area contributed by atoms with E-state index in [1.165, 1.54) is 20.0 Å². The molecule has 0 aromatic heterocycles. The number of hydrogen-bond donors (Lipinski definition) is 0. The van der Waals surface area contributed by atoms with Crippen molar-refractivity contribution in [2.75, 3.05) is 13.7 Å². The molecule has 4 atom stereocenters. The molecule has 0 radical (unpaired) electrons. The second-order valence-corrected chi connectivity index (χ2v) is 6.67. The van der Waals surface area contributed by atoms with Crippen molar-refractivity contribution in [1.29, 1.82) is 0 Å². The van der Waals surface area contributed by atoms with Crippen LogP contribution in [-0.4, -0.2) is 24.5 Å². The first kappa shape index (κ1) is 14.3. The Kier molecular flexibility index (Phi) is 3.83. The third-order valence-corrected chi connectivity index (χ3v) is 5.49. The number of rotatable bonds is 5. The highest BCUT2D eigenvalue weighted by atomic mass is 16.6. The topological polar surface area (TPSA) is 69.4 Å². The summed E-state index contributed by atoms with van der Waals surface area (Å²) < 4.78 is 4.71. The first-order chi connectivity index (χ1) is 8.86. The van der Waals surface area contributed by atoms with Gasteiger partial charge in [0.05, 0.1) is 7.11 Å². The first-order valence-electron chi connectivity index (χ1n) is 7.05. The lowest BCUT2D eigenvalue weighted by Gasteiger charge is -2.60. The number of nitrogens with zero attached hydrogens (tertiary/aromatic N) is 1. The minimum Gasteiger partial charge on any atom is -0.469 e. The maximum atomic E-state index is 11.7. The van der Waals surface area contributed by atoms with Crippen LogP contribution in [0.4, 0.5) is 0 Å². The van der Waals surface area contributed by atoms with Gasteiger partial charge in [-0.05, 0) is 48.9 Å². The zero-order chi connectivity index (χ0) is 14.2. The molecule has 5 heteroatoms. The average molecular weight is 269 g/mol. The summed E-state index contributed by atoms with van der Waals surface area (Å²) in [6, 6.07) is 0. The van der Waals surface area contributed by atoms with Crippen LogP contribution < -0.4 is 0 Å². The van der Waals surface area contributed by atoms with Gasteiger partial charge in [-0.25, -0.2) is 0 Å². The molecule has 0 aromatic rings. The van der Waals surface area contributed by atoms with Gasteiger partial charge in [-0.1, -0.05) is 13.8 Å². The van der Waals surface area contributed by atoms with Crippen molar-refractivity contribution in [3.8, 4) is 0 Å². The molecule has 0 N–H and O–H groups in total. The van der Waals surface area contributed by atoms with Gasteiger partial charge in [0.2, 0.25) is 6.54 Å². The van der Waals surface area contributed by atoms with E-state index in [-0.39, 0.29) is 6.54 Å². The zero-order valence-corrected chi connectivity index (χ0v) is 11.9. The summed E-state index contributed by atoms with van der Waals surface area (Å²) in [4.78, 5) is 22.0. The van der Waals surface area contributed by atoms with Crippen LogP contribution in [0.3, 0.4) is 0 Å². The second kappa shape index (κ2) is 5.10. The van der Waals surface area contributed by atoms with Gasteiger partial charge in [0.25, 0.3) is 0 Å². The van der Waals surface area contributed by atoms with Gasteiger partial charge in [-0.3, -0.25) is 14.9 Å². The highest BCUT2D eigenvalue weighted by Crippen LogP contribution is 2.62. The summed E-state index contributed by atoms with van der Waals surface area (Å²) in [5.41, 5.74) is 0.345. The van der Waals surface area contributed by atoms with Crippen molar-refractivity contribution in [1.82, 2.24) is 0 Å².